The summed E-state index contributed by atoms with van der Waals surface area (Å²) in [6.07, 6.45) is 6.75. The maximum Gasteiger partial charge on any atom is 0.338 e. The molecule has 0 radical (unpaired) electrons. The monoisotopic (exact) mass is 376 g/mol. The molecule has 0 aromatic heterocycles. The molecule has 0 heterocycles. The highest BCUT2D eigenvalue weighted by Gasteiger charge is 2.37. The molecule has 0 amide bonds. The van der Waals surface area contributed by atoms with Crippen LogP contribution in [0.2, 0.25) is 0 Å². The van der Waals surface area contributed by atoms with E-state index in [4.69, 9.17) is 4.74 Å². The van der Waals surface area contributed by atoms with E-state index in [9.17, 15) is 4.79 Å². The summed E-state index contributed by atoms with van der Waals surface area (Å²) >= 11 is 0. The molecule has 28 heavy (non-hydrogen) atoms. The number of aryl methyl sites for hydroxylation is 1. The van der Waals surface area contributed by atoms with Crippen molar-refractivity contribution in [2.75, 3.05) is 6.61 Å². The average Bonchev–Trinajstić information content (AvgIpc) is 2.65. The highest BCUT2D eigenvalue weighted by atomic mass is 16.5. The van der Waals surface area contributed by atoms with Crippen LogP contribution in [0.5, 0.6) is 0 Å². The van der Waals surface area contributed by atoms with Crippen LogP contribution in [0.15, 0.2) is 36.4 Å². The molecule has 2 nitrogen and oxygen atoms in total. The third kappa shape index (κ3) is 4.06. The zero-order chi connectivity index (χ0) is 20.5. The SMILES string of the molecule is CCOC(=O)c1ccc(C=Cc2cc3c(cc2C)C(C)(C)CCC3(C)C)cc1. The molecular formula is C26H32O2. The maximum absolute atomic E-state index is 11.8. The summed E-state index contributed by atoms with van der Waals surface area (Å²) in [5, 5.41) is 0. The lowest BCUT2D eigenvalue weighted by Crippen LogP contribution is -2.34. The Morgan fingerprint density at radius 2 is 1.54 bits per heavy atom. The molecule has 3 rings (SSSR count). The maximum atomic E-state index is 11.8. The van der Waals surface area contributed by atoms with Gasteiger partial charge < -0.3 is 4.74 Å². The largest absolute Gasteiger partial charge is 0.462 e. The second-order valence-corrected chi connectivity index (χ2v) is 9.20. The molecule has 2 aromatic carbocycles. The molecule has 1 aliphatic rings. The van der Waals surface area contributed by atoms with Crippen LogP contribution in [0.25, 0.3) is 12.2 Å². The highest BCUT2D eigenvalue weighted by molar-refractivity contribution is 5.89. The first-order valence-electron chi connectivity index (χ1n) is 10.2. The number of carbonyl (C=O) groups excluding carboxylic acids is 1. The highest BCUT2D eigenvalue weighted by Crippen LogP contribution is 2.46. The fourth-order valence-electron chi connectivity index (χ4n) is 4.05. The van der Waals surface area contributed by atoms with E-state index in [1.165, 1.54) is 35.1 Å². The Bertz CT molecular complexity index is 899. The van der Waals surface area contributed by atoms with Crippen molar-refractivity contribution >= 4 is 18.1 Å². The number of ether oxygens (including phenoxy) is 1. The number of fused-ring (bicyclic) bond motifs is 1. The molecule has 0 N–H and O–H groups in total. The van der Waals surface area contributed by atoms with E-state index in [0.29, 0.717) is 12.2 Å². The Morgan fingerprint density at radius 1 is 0.964 bits per heavy atom. The lowest BCUT2D eigenvalue weighted by atomic mass is 9.62. The van der Waals surface area contributed by atoms with Crippen LogP contribution in [0.4, 0.5) is 0 Å². The lowest BCUT2D eigenvalue weighted by molar-refractivity contribution is 0.0526. The Kier molecular flexibility index (Phi) is 5.52. The van der Waals surface area contributed by atoms with E-state index in [1.807, 2.05) is 31.2 Å². The summed E-state index contributed by atoms with van der Waals surface area (Å²) < 4.78 is 5.04. The second kappa shape index (κ2) is 7.58. The van der Waals surface area contributed by atoms with Gasteiger partial charge >= 0.3 is 5.97 Å². The first-order chi connectivity index (χ1) is 13.1. The molecule has 0 spiro atoms. The fraction of sp³-hybridized carbons (Fsp3) is 0.423. The molecular weight excluding hydrogens is 344 g/mol. The van der Waals surface area contributed by atoms with Gasteiger partial charge in [0, 0.05) is 0 Å². The van der Waals surface area contributed by atoms with Crippen LogP contribution in [0.1, 0.15) is 85.6 Å². The van der Waals surface area contributed by atoms with E-state index in [1.54, 1.807) is 0 Å². The Hall–Kier alpha value is -2.35. The van der Waals surface area contributed by atoms with Crippen LogP contribution in [-0.2, 0) is 15.6 Å². The first-order valence-corrected chi connectivity index (χ1v) is 10.2. The Balaban J connectivity index is 1.90. The molecule has 0 aliphatic heterocycles. The molecule has 148 valence electrons. The van der Waals surface area contributed by atoms with Gasteiger partial charge in [-0.15, -0.1) is 0 Å². The van der Waals surface area contributed by atoms with Gasteiger partial charge in [0.15, 0.2) is 0 Å². The summed E-state index contributed by atoms with van der Waals surface area (Å²) in [6, 6.07) is 12.3. The molecule has 0 saturated heterocycles. The molecule has 2 heteroatoms. The van der Waals surface area contributed by atoms with Gasteiger partial charge in [-0.2, -0.15) is 0 Å². The fourth-order valence-corrected chi connectivity index (χ4v) is 4.05. The van der Waals surface area contributed by atoms with E-state index < -0.39 is 0 Å². The normalized spacial score (nSPS) is 17.4. The summed E-state index contributed by atoms with van der Waals surface area (Å²) in [5.74, 6) is -0.270. The van der Waals surface area contributed by atoms with Crippen LogP contribution in [0.3, 0.4) is 0 Å². The van der Waals surface area contributed by atoms with Gasteiger partial charge in [-0.3, -0.25) is 0 Å². The first kappa shape index (κ1) is 20.4. The smallest absolute Gasteiger partial charge is 0.338 e. The zero-order valence-corrected chi connectivity index (χ0v) is 18.1. The van der Waals surface area contributed by atoms with Gasteiger partial charge in [0.1, 0.15) is 0 Å². The molecule has 2 aromatic rings. The minimum absolute atomic E-state index is 0.211. The molecule has 0 fully saturated rings. The number of carbonyl (C=O) groups is 1. The van der Waals surface area contributed by atoms with E-state index in [0.717, 1.165) is 5.56 Å². The minimum atomic E-state index is -0.270. The summed E-state index contributed by atoms with van der Waals surface area (Å²) in [7, 11) is 0. The second-order valence-electron chi connectivity index (χ2n) is 9.20. The van der Waals surface area contributed by atoms with Crippen molar-refractivity contribution in [1.29, 1.82) is 0 Å². The third-order valence-corrected chi connectivity index (χ3v) is 6.12. The van der Waals surface area contributed by atoms with Crippen molar-refractivity contribution in [3.8, 4) is 0 Å². The van der Waals surface area contributed by atoms with Crippen molar-refractivity contribution in [3.05, 3.63) is 69.8 Å². The van der Waals surface area contributed by atoms with Crippen molar-refractivity contribution in [3.63, 3.8) is 0 Å². The van der Waals surface area contributed by atoms with Gasteiger partial charge in [0.25, 0.3) is 0 Å². The summed E-state index contributed by atoms with van der Waals surface area (Å²) in [4.78, 5) is 11.8. The minimum Gasteiger partial charge on any atom is -0.462 e. The van der Waals surface area contributed by atoms with Crippen LogP contribution >= 0.6 is 0 Å². The van der Waals surface area contributed by atoms with Crippen LogP contribution in [-0.4, -0.2) is 12.6 Å². The van der Waals surface area contributed by atoms with E-state index in [2.05, 4.69) is 58.9 Å². The number of rotatable bonds is 4. The van der Waals surface area contributed by atoms with Crippen LogP contribution in [0, 0.1) is 6.92 Å². The van der Waals surface area contributed by atoms with Crippen molar-refractivity contribution in [2.24, 2.45) is 0 Å². The Labute approximate surface area is 169 Å². The number of hydrogen-bond acceptors (Lipinski definition) is 2. The van der Waals surface area contributed by atoms with E-state index in [-0.39, 0.29) is 16.8 Å². The predicted octanol–water partition coefficient (Wildman–Crippen LogP) is 6.69. The summed E-state index contributed by atoms with van der Waals surface area (Å²) in [6.45, 7) is 13.9. The lowest BCUT2D eigenvalue weighted by Gasteiger charge is -2.42. The molecule has 1 aliphatic carbocycles. The van der Waals surface area contributed by atoms with Gasteiger partial charge in [0.2, 0.25) is 0 Å². The number of benzene rings is 2. The van der Waals surface area contributed by atoms with Crippen LogP contribution < -0.4 is 0 Å². The molecule has 0 saturated carbocycles. The standard InChI is InChI=1S/C26H32O2/c1-7-28-24(27)20-11-8-19(9-12-20)10-13-21-17-23-22(16-18(21)2)25(3,4)14-15-26(23,5)6/h8-13,16-17H,7,14-15H2,1-6H3. The quantitative estimate of drug-likeness (QED) is 0.439. The van der Waals surface area contributed by atoms with Crippen molar-refractivity contribution in [1.82, 2.24) is 0 Å². The van der Waals surface area contributed by atoms with Gasteiger partial charge in [-0.25, -0.2) is 4.79 Å². The molecule has 0 unspecified atom stereocenters. The molecule has 0 atom stereocenters. The van der Waals surface area contributed by atoms with Gasteiger partial charge in [-0.05, 0) is 77.5 Å². The van der Waals surface area contributed by atoms with E-state index >= 15 is 0 Å². The van der Waals surface area contributed by atoms with Gasteiger partial charge in [0.05, 0.1) is 12.2 Å². The average molecular weight is 377 g/mol. The Morgan fingerprint density at radius 3 is 2.11 bits per heavy atom. The van der Waals surface area contributed by atoms with Gasteiger partial charge in [-0.1, -0.05) is 64.1 Å². The van der Waals surface area contributed by atoms with Crippen molar-refractivity contribution in [2.45, 2.75) is 65.2 Å². The summed E-state index contributed by atoms with van der Waals surface area (Å²) in [5.41, 5.74) is 7.66. The number of esters is 1. The topological polar surface area (TPSA) is 26.3 Å². The molecule has 0 bridgehead atoms. The zero-order valence-electron chi connectivity index (χ0n) is 18.1. The number of hydrogen-bond donors (Lipinski definition) is 0. The predicted molar refractivity (Wildman–Crippen MR) is 118 cm³/mol. The van der Waals surface area contributed by atoms with Crippen molar-refractivity contribution < 1.29 is 9.53 Å². The third-order valence-electron chi connectivity index (χ3n) is 6.12.